The third-order valence-corrected chi connectivity index (χ3v) is 5.98. The Morgan fingerprint density at radius 3 is 2.25 bits per heavy atom. The van der Waals surface area contributed by atoms with Gasteiger partial charge in [0.2, 0.25) is 5.91 Å². The summed E-state index contributed by atoms with van der Waals surface area (Å²) in [5.74, 6) is -0.524. The Balaban J connectivity index is 1.48. The van der Waals surface area contributed by atoms with Crippen molar-refractivity contribution in [1.29, 1.82) is 0 Å². The molecule has 4 rings (SSSR count). The number of rotatable bonds is 7. The zero-order chi connectivity index (χ0) is 22.4. The SMILES string of the molecule is NC(=O)[C@@]1(Cc2cccc(-c3ccccc3)c2)CN(C(=O)CCc2ccccc2)CCO1. The number of carbonyl (C=O) groups is 2. The molecule has 0 aliphatic carbocycles. The van der Waals surface area contributed by atoms with Gasteiger partial charge in [0.15, 0.2) is 5.60 Å². The number of morpholine rings is 1. The number of primary amides is 1. The second-order valence-corrected chi connectivity index (χ2v) is 8.25. The Bertz CT molecular complexity index is 1070. The van der Waals surface area contributed by atoms with Crippen LogP contribution in [0.15, 0.2) is 84.9 Å². The van der Waals surface area contributed by atoms with Gasteiger partial charge in [-0.3, -0.25) is 9.59 Å². The van der Waals surface area contributed by atoms with E-state index in [-0.39, 0.29) is 12.5 Å². The standard InChI is InChI=1S/C27H28N2O3/c28-26(31)27(19-22-10-7-13-24(18-22)23-11-5-2-6-12-23)20-29(16-17-32-27)25(30)15-14-21-8-3-1-4-9-21/h1-13,18H,14-17,19-20H2,(H2,28,31)/t27-/m1/s1. The largest absolute Gasteiger partial charge is 0.367 e. The number of nitrogens with two attached hydrogens (primary N) is 1. The molecule has 2 amide bonds. The van der Waals surface area contributed by atoms with Gasteiger partial charge in [-0.2, -0.15) is 0 Å². The second-order valence-electron chi connectivity index (χ2n) is 8.25. The van der Waals surface area contributed by atoms with E-state index in [0.717, 1.165) is 22.3 Å². The van der Waals surface area contributed by atoms with Gasteiger partial charge in [-0.1, -0.05) is 84.9 Å². The predicted octanol–water partition coefficient (Wildman–Crippen LogP) is 3.61. The predicted molar refractivity (Wildman–Crippen MR) is 125 cm³/mol. The highest BCUT2D eigenvalue weighted by atomic mass is 16.5. The molecule has 164 valence electrons. The number of aryl methyl sites for hydroxylation is 1. The van der Waals surface area contributed by atoms with Crippen LogP contribution < -0.4 is 5.73 Å². The Morgan fingerprint density at radius 1 is 0.875 bits per heavy atom. The van der Waals surface area contributed by atoms with Crippen molar-refractivity contribution in [3.8, 4) is 11.1 Å². The Hall–Kier alpha value is -3.44. The van der Waals surface area contributed by atoms with Crippen LogP contribution in [0.1, 0.15) is 17.5 Å². The number of hydrogen-bond donors (Lipinski definition) is 1. The molecule has 3 aromatic rings. The average molecular weight is 429 g/mol. The molecule has 1 aliphatic rings. The first kappa shape index (κ1) is 21.8. The third-order valence-electron chi connectivity index (χ3n) is 5.98. The summed E-state index contributed by atoms with van der Waals surface area (Å²) < 4.78 is 5.95. The molecule has 0 saturated carbocycles. The summed E-state index contributed by atoms with van der Waals surface area (Å²) in [6, 6.07) is 28.0. The normalized spacial score (nSPS) is 18.3. The van der Waals surface area contributed by atoms with E-state index in [1.165, 1.54) is 0 Å². The summed E-state index contributed by atoms with van der Waals surface area (Å²) in [6.45, 7) is 0.927. The van der Waals surface area contributed by atoms with Crippen LogP contribution in [-0.4, -0.2) is 42.0 Å². The van der Waals surface area contributed by atoms with Crippen molar-refractivity contribution in [2.75, 3.05) is 19.7 Å². The molecule has 3 aromatic carbocycles. The number of hydrogen-bond acceptors (Lipinski definition) is 3. The van der Waals surface area contributed by atoms with E-state index in [9.17, 15) is 9.59 Å². The zero-order valence-electron chi connectivity index (χ0n) is 18.1. The minimum Gasteiger partial charge on any atom is -0.367 e. The van der Waals surface area contributed by atoms with Crippen LogP contribution in [0.5, 0.6) is 0 Å². The van der Waals surface area contributed by atoms with E-state index < -0.39 is 11.5 Å². The highest BCUT2D eigenvalue weighted by Crippen LogP contribution is 2.27. The van der Waals surface area contributed by atoms with Gasteiger partial charge in [0.05, 0.1) is 13.2 Å². The van der Waals surface area contributed by atoms with Crippen LogP contribution in [0.2, 0.25) is 0 Å². The van der Waals surface area contributed by atoms with Gasteiger partial charge >= 0.3 is 0 Å². The first-order chi connectivity index (χ1) is 15.6. The van der Waals surface area contributed by atoms with E-state index in [0.29, 0.717) is 32.4 Å². The van der Waals surface area contributed by atoms with Crippen LogP contribution in [-0.2, 0) is 27.2 Å². The number of ether oxygens (including phenoxy) is 1. The molecule has 0 radical (unpaired) electrons. The smallest absolute Gasteiger partial charge is 0.251 e. The molecule has 1 saturated heterocycles. The summed E-state index contributed by atoms with van der Waals surface area (Å²) >= 11 is 0. The van der Waals surface area contributed by atoms with Gasteiger partial charge in [0.25, 0.3) is 5.91 Å². The van der Waals surface area contributed by atoms with Crippen LogP contribution in [0.25, 0.3) is 11.1 Å². The van der Waals surface area contributed by atoms with E-state index in [4.69, 9.17) is 10.5 Å². The second kappa shape index (κ2) is 9.79. The van der Waals surface area contributed by atoms with Crippen LogP contribution >= 0.6 is 0 Å². The molecule has 1 atom stereocenters. The highest BCUT2D eigenvalue weighted by molar-refractivity contribution is 5.86. The maximum atomic E-state index is 12.9. The fourth-order valence-corrected chi connectivity index (χ4v) is 4.22. The maximum absolute atomic E-state index is 12.9. The molecule has 0 unspecified atom stereocenters. The number of amides is 2. The first-order valence-electron chi connectivity index (χ1n) is 11.0. The van der Waals surface area contributed by atoms with E-state index in [1.807, 2.05) is 78.9 Å². The molecule has 1 aliphatic heterocycles. The average Bonchev–Trinajstić information content (AvgIpc) is 2.84. The van der Waals surface area contributed by atoms with Gasteiger partial charge < -0.3 is 15.4 Å². The molecule has 1 heterocycles. The topological polar surface area (TPSA) is 72.6 Å². The molecule has 2 N–H and O–H groups in total. The zero-order valence-corrected chi connectivity index (χ0v) is 18.1. The summed E-state index contributed by atoms with van der Waals surface area (Å²) in [5.41, 5.74) is 8.83. The fourth-order valence-electron chi connectivity index (χ4n) is 4.22. The molecular weight excluding hydrogens is 400 g/mol. The van der Waals surface area contributed by atoms with Crippen LogP contribution in [0.4, 0.5) is 0 Å². The Labute approximate surface area is 188 Å². The molecule has 32 heavy (non-hydrogen) atoms. The minimum absolute atomic E-state index is 0.0146. The lowest BCUT2D eigenvalue weighted by molar-refractivity contribution is -0.163. The molecule has 5 heteroatoms. The van der Waals surface area contributed by atoms with Crippen molar-refractivity contribution in [3.63, 3.8) is 0 Å². The van der Waals surface area contributed by atoms with Crippen molar-refractivity contribution < 1.29 is 14.3 Å². The van der Waals surface area contributed by atoms with Gasteiger partial charge in [0.1, 0.15) is 0 Å². The third kappa shape index (κ3) is 5.06. The quantitative estimate of drug-likeness (QED) is 0.625. The molecule has 0 aromatic heterocycles. The number of benzene rings is 3. The van der Waals surface area contributed by atoms with Crippen molar-refractivity contribution in [3.05, 3.63) is 96.1 Å². The van der Waals surface area contributed by atoms with E-state index >= 15 is 0 Å². The van der Waals surface area contributed by atoms with E-state index in [2.05, 4.69) is 6.07 Å². The number of nitrogens with zero attached hydrogens (tertiary/aromatic N) is 1. The molecule has 1 fully saturated rings. The minimum atomic E-state index is -1.23. The van der Waals surface area contributed by atoms with Crippen molar-refractivity contribution >= 4 is 11.8 Å². The highest BCUT2D eigenvalue weighted by Gasteiger charge is 2.43. The lowest BCUT2D eigenvalue weighted by Crippen LogP contribution is -2.61. The Morgan fingerprint density at radius 2 is 1.53 bits per heavy atom. The lowest BCUT2D eigenvalue weighted by Gasteiger charge is -2.41. The van der Waals surface area contributed by atoms with E-state index in [1.54, 1.807) is 4.90 Å². The van der Waals surface area contributed by atoms with Crippen LogP contribution in [0, 0.1) is 0 Å². The molecular formula is C27H28N2O3. The van der Waals surface area contributed by atoms with Gasteiger partial charge in [0, 0.05) is 19.4 Å². The maximum Gasteiger partial charge on any atom is 0.251 e. The molecule has 5 nitrogen and oxygen atoms in total. The van der Waals surface area contributed by atoms with Gasteiger partial charge in [-0.25, -0.2) is 0 Å². The summed E-state index contributed by atoms with van der Waals surface area (Å²) in [6.07, 6.45) is 1.38. The summed E-state index contributed by atoms with van der Waals surface area (Å²) in [4.78, 5) is 27.2. The summed E-state index contributed by atoms with van der Waals surface area (Å²) in [7, 11) is 0. The molecule has 0 bridgehead atoms. The van der Waals surface area contributed by atoms with Gasteiger partial charge in [-0.05, 0) is 28.7 Å². The van der Waals surface area contributed by atoms with Crippen LogP contribution in [0.3, 0.4) is 0 Å². The monoisotopic (exact) mass is 428 g/mol. The van der Waals surface area contributed by atoms with Crippen molar-refractivity contribution in [1.82, 2.24) is 4.90 Å². The molecule has 0 spiro atoms. The summed E-state index contributed by atoms with van der Waals surface area (Å²) in [5, 5.41) is 0. The fraction of sp³-hybridized carbons (Fsp3) is 0.259. The first-order valence-corrected chi connectivity index (χ1v) is 11.0. The van der Waals surface area contributed by atoms with Crippen molar-refractivity contribution in [2.24, 2.45) is 5.73 Å². The lowest BCUT2D eigenvalue weighted by atomic mass is 9.90. The Kier molecular flexibility index (Phi) is 6.66. The number of carbonyl (C=O) groups excluding carboxylic acids is 2. The van der Waals surface area contributed by atoms with Crippen molar-refractivity contribution in [2.45, 2.75) is 24.9 Å². The van der Waals surface area contributed by atoms with Gasteiger partial charge in [-0.15, -0.1) is 0 Å².